The van der Waals surface area contributed by atoms with Gasteiger partial charge in [0.2, 0.25) is 0 Å². The van der Waals surface area contributed by atoms with Gasteiger partial charge < -0.3 is 5.32 Å². The van der Waals surface area contributed by atoms with E-state index in [0.29, 0.717) is 23.9 Å². The molecule has 0 bridgehead atoms. The zero-order chi connectivity index (χ0) is 14.6. The lowest BCUT2D eigenvalue weighted by molar-refractivity contribution is -0.140. The lowest BCUT2D eigenvalue weighted by Crippen LogP contribution is -2.33. The maximum Gasteiger partial charge on any atom is 0.419 e. The molecule has 0 aliphatic heterocycles. The third-order valence-electron chi connectivity index (χ3n) is 2.45. The summed E-state index contributed by atoms with van der Waals surface area (Å²) in [6.45, 7) is 1.73. The molecule has 106 valence electrons. The molecular formula is C12H12BrF4NO. The van der Waals surface area contributed by atoms with Crippen molar-refractivity contribution in [2.45, 2.75) is 25.6 Å². The van der Waals surface area contributed by atoms with Gasteiger partial charge in [-0.25, -0.2) is 4.39 Å². The number of nitrogens with one attached hydrogen (secondary N) is 1. The Labute approximate surface area is 116 Å². The average molecular weight is 342 g/mol. The van der Waals surface area contributed by atoms with E-state index in [9.17, 15) is 22.4 Å². The molecule has 0 fully saturated rings. The van der Waals surface area contributed by atoms with E-state index in [-0.39, 0.29) is 11.6 Å². The fourth-order valence-corrected chi connectivity index (χ4v) is 2.11. The minimum absolute atomic E-state index is 0.189. The second-order valence-corrected chi connectivity index (χ2v) is 4.84. The third-order valence-corrected chi connectivity index (χ3v) is 2.91. The first kappa shape index (κ1) is 15.9. The SMILES string of the molecule is CC(CCBr)NC(=O)c1ccc(F)c(C(F)(F)F)c1. The van der Waals surface area contributed by atoms with E-state index in [1.54, 1.807) is 6.92 Å². The van der Waals surface area contributed by atoms with Gasteiger partial charge in [-0.2, -0.15) is 13.2 Å². The van der Waals surface area contributed by atoms with Crippen LogP contribution in [-0.2, 0) is 6.18 Å². The number of halogens is 5. The smallest absolute Gasteiger partial charge is 0.350 e. The first-order valence-electron chi connectivity index (χ1n) is 5.49. The lowest BCUT2D eigenvalue weighted by Gasteiger charge is -2.14. The van der Waals surface area contributed by atoms with Crippen LogP contribution >= 0.6 is 15.9 Å². The molecule has 1 N–H and O–H groups in total. The van der Waals surface area contributed by atoms with Gasteiger partial charge in [-0.3, -0.25) is 4.79 Å². The summed E-state index contributed by atoms with van der Waals surface area (Å²) in [5.41, 5.74) is -1.65. The van der Waals surface area contributed by atoms with Gasteiger partial charge in [0.05, 0.1) is 5.56 Å². The number of rotatable bonds is 4. The fourth-order valence-electron chi connectivity index (χ4n) is 1.43. The van der Waals surface area contributed by atoms with Crippen molar-refractivity contribution in [3.05, 3.63) is 35.1 Å². The Kier molecular flexibility index (Phi) is 5.34. The molecule has 1 aromatic rings. The number of alkyl halides is 4. The predicted octanol–water partition coefficient (Wildman–Crippen LogP) is 3.75. The van der Waals surface area contributed by atoms with Gasteiger partial charge in [0.1, 0.15) is 5.82 Å². The van der Waals surface area contributed by atoms with Crippen molar-refractivity contribution < 1.29 is 22.4 Å². The van der Waals surface area contributed by atoms with Crippen LogP contribution in [0.1, 0.15) is 29.3 Å². The third kappa shape index (κ3) is 4.49. The molecule has 1 unspecified atom stereocenters. The Morgan fingerprint density at radius 2 is 2.05 bits per heavy atom. The Bertz CT molecular complexity index is 462. The van der Waals surface area contributed by atoms with E-state index in [4.69, 9.17) is 0 Å². The molecule has 0 heterocycles. The number of carbonyl (C=O) groups is 1. The van der Waals surface area contributed by atoms with Crippen LogP contribution in [0.2, 0.25) is 0 Å². The van der Waals surface area contributed by atoms with Crippen molar-refractivity contribution in [3.63, 3.8) is 0 Å². The topological polar surface area (TPSA) is 29.1 Å². The van der Waals surface area contributed by atoms with Gasteiger partial charge >= 0.3 is 6.18 Å². The monoisotopic (exact) mass is 341 g/mol. The maximum atomic E-state index is 13.1. The summed E-state index contributed by atoms with van der Waals surface area (Å²) < 4.78 is 50.5. The fraction of sp³-hybridized carbons (Fsp3) is 0.417. The highest BCUT2D eigenvalue weighted by atomic mass is 79.9. The van der Waals surface area contributed by atoms with Gasteiger partial charge in [-0.05, 0) is 31.5 Å². The van der Waals surface area contributed by atoms with Crippen LogP contribution in [0.3, 0.4) is 0 Å². The van der Waals surface area contributed by atoms with Crippen LogP contribution in [0.25, 0.3) is 0 Å². The Morgan fingerprint density at radius 3 is 2.58 bits per heavy atom. The summed E-state index contributed by atoms with van der Waals surface area (Å²) in [7, 11) is 0. The number of hydrogen-bond acceptors (Lipinski definition) is 1. The van der Waals surface area contributed by atoms with Gasteiger partial charge in [-0.1, -0.05) is 15.9 Å². The van der Waals surface area contributed by atoms with Crippen LogP contribution in [0.4, 0.5) is 17.6 Å². The molecule has 19 heavy (non-hydrogen) atoms. The zero-order valence-electron chi connectivity index (χ0n) is 10.0. The van der Waals surface area contributed by atoms with Crippen molar-refractivity contribution in [1.29, 1.82) is 0 Å². The molecule has 0 saturated heterocycles. The standard InChI is InChI=1S/C12H12BrF4NO/c1-7(4-5-13)18-11(19)8-2-3-10(14)9(6-8)12(15,16)17/h2-3,6-7H,4-5H2,1H3,(H,18,19). The largest absolute Gasteiger partial charge is 0.419 e. The molecule has 0 aliphatic carbocycles. The van der Waals surface area contributed by atoms with Crippen LogP contribution in [0, 0.1) is 5.82 Å². The summed E-state index contributed by atoms with van der Waals surface area (Å²) in [6.07, 6.45) is -4.18. The molecule has 0 aromatic heterocycles. The number of amides is 1. The van der Waals surface area contributed by atoms with E-state index in [1.807, 2.05) is 0 Å². The Balaban J connectivity index is 2.93. The molecule has 0 spiro atoms. The molecule has 2 nitrogen and oxygen atoms in total. The zero-order valence-corrected chi connectivity index (χ0v) is 11.6. The summed E-state index contributed by atoms with van der Waals surface area (Å²) in [6, 6.07) is 2.00. The molecule has 0 radical (unpaired) electrons. The van der Waals surface area contributed by atoms with Crippen molar-refractivity contribution in [1.82, 2.24) is 5.32 Å². The van der Waals surface area contributed by atoms with Crippen molar-refractivity contribution in [2.75, 3.05) is 5.33 Å². The summed E-state index contributed by atoms with van der Waals surface area (Å²) in [5.74, 6) is -2.04. The van der Waals surface area contributed by atoms with E-state index in [1.165, 1.54) is 0 Å². The first-order valence-corrected chi connectivity index (χ1v) is 6.61. The second-order valence-electron chi connectivity index (χ2n) is 4.04. The molecular weight excluding hydrogens is 330 g/mol. The lowest BCUT2D eigenvalue weighted by atomic mass is 10.1. The first-order chi connectivity index (χ1) is 8.75. The van der Waals surface area contributed by atoms with Crippen LogP contribution in [-0.4, -0.2) is 17.3 Å². The highest BCUT2D eigenvalue weighted by Crippen LogP contribution is 2.31. The number of carbonyl (C=O) groups excluding carboxylic acids is 1. The highest BCUT2D eigenvalue weighted by molar-refractivity contribution is 9.09. The minimum Gasteiger partial charge on any atom is -0.350 e. The quantitative estimate of drug-likeness (QED) is 0.655. The molecule has 0 aliphatic rings. The van der Waals surface area contributed by atoms with E-state index in [2.05, 4.69) is 21.2 Å². The normalized spacial score (nSPS) is 13.2. The van der Waals surface area contributed by atoms with E-state index < -0.39 is 23.5 Å². The number of benzene rings is 1. The highest BCUT2D eigenvalue weighted by Gasteiger charge is 2.34. The van der Waals surface area contributed by atoms with Gasteiger partial charge in [-0.15, -0.1) is 0 Å². The van der Waals surface area contributed by atoms with E-state index >= 15 is 0 Å². The summed E-state index contributed by atoms with van der Waals surface area (Å²) >= 11 is 3.19. The molecule has 1 amide bonds. The average Bonchev–Trinajstić information content (AvgIpc) is 2.27. The van der Waals surface area contributed by atoms with Crippen LogP contribution in [0.15, 0.2) is 18.2 Å². The molecule has 1 rings (SSSR count). The van der Waals surface area contributed by atoms with E-state index in [0.717, 1.165) is 6.07 Å². The van der Waals surface area contributed by atoms with Crippen LogP contribution < -0.4 is 5.32 Å². The van der Waals surface area contributed by atoms with Crippen molar-refractivity contribution >= 4 is 21.8 Å². The van der Waals surface area contributed by atoms with Crippen LogP contribution in [0.5, 0.6) is 0 Å². The molecule has 1 aromatic carbocycles. The number of hydrogen-bond donors (Lipinski definition) is 1. The Morgan fingerprint density at radius 1 is 1.42 bits per heavy atom. The predicted molar refractivity (Wildman–Crippen MR) is 66.7 cm³/mol. The second kappa shape index (κ2) is 6.36. The van der Waals surface area contributed by atoms with Gasteiger partial charge in [0.25, 0.3) is 5.91 Å². The van der Waals surface area contributed by atoms with Gasteiger partial charge in [0.15, 0.2) is 0 Å². The molecule has 0 saturated carbocycles. The van der Waals surface area contributed by atoms with Crippen molar-refractivity contribution in [3.8, 4) is 0 Å². The maximum absolute atomic E-state index is 13.1. The van der Waals surface area contributed by atoms with Gasteiger partial charge in [0, 0.05) is 16.9 Å². The minimum atomic E-state index is -4.82. The molecule has 7 heteroatoms. The summed E-state index contributed by atoms with van der Waals surface area (Å²) in [4.78, 5) is 11.7. The summed E-state index contributed by atoms with van der Waals surface area (Å²) in [5, 5.41) is 3.19. The Hall–Kier alpha value is -1.11. The molecule has 1 atom stereocenters. The van der Waals surface area contributed by atoms with Crippen molar-refractivity contribution in [2.24, 2.45) is 0 Å².